The number of H-pyrrole nitrogens is 1. The minimum Gasteiger partial charge on any atom is -0.487 e. The van der Waals surface area contributed by atoms with Crippen molar-refractivity contribution in [3.05, 3.63) is 54.2 Å². The zero-order chi connectivity index (χ0) is 20.4. The second-order valence-electron chi connectivity index (χ2n) is 6.71. The summed E-state index contributed by atoms with van der Waals surface area (Å²) in [6.45, 7) is 3.97. The summed E-state index contributed by atoms with van der Waals surface area (Å²) in [6.07, 6.45) is 3.81. The molecule has 0 amide bonds. The Bertz CT molecular complexity index is 969. The lowest BCUT2D eigenvalue weighted by Crippen LogP contribution is -2.13. The van der Waals surface area contributed by atoms with Crippen LogP contribution in [0.2, 0.25) is 0 Å². The van der Waals surface area contributed by atoms with Crippen molar-refractivity contribution in [3.63, 3.8) is 0 Å². The van der Waals surface area contributed by atoms with Crippen molar-refractivity contribution in [2.75, 3.05) is 52.9 Å². The molecule has 1 aliphatic heterocycles. The minimum absolute atomic E-state index is 0.419. The quantitative estimate of drug-likeness (QED) is 0.652. The number of nitrogens with one attached hydrogen (secondary N) is 1. The van der Waals surface area contributed by atoms with E-state index in [9.17, 15) is 0 Å². The van der Waals surface area contributed by atoms with Gasteiger partial charge in [0.05, 0.1) is 45.3 Å². The van der Waals surface area contributed by atoms with Crippen LogP contribution in [0, 0.1) is 0 Å². The van der Waals surface area contributed by atoms with Crippen LogP contribution in [-0.4, -0.2) is 64.1 Å². The number of aromatic nitrogens is 1. The first-order chi connectivity index (χ1) is 14.9. The number of nitrogens with zero attached hydrogens (tertiary/aromatic N) is 1. The molecule has 3 aromatic rings. The van der Waals surface area contributed by atoms with Crippen LogP contribution in [0.1, 0.15) is 5.56 Å². The fourth-order valence-corrected chi connectivity index (χ4v) is 3.12. The highest BCUT2D eigenvalue weighted by molar-refractivity contribution is 5.99. The molecule has 1 aliphatic rings. The summed E-state index contributed by atoms with van der Waals surface area (Å²) in [5.74, 6) is 1.30. The lowest BCUT2D eigenvalue weighted by atomic mass is 10.2. The fraction of sp³-hybridized carbons (Fsp3) is 0.348. The maximum atomic E-state index is 5.90. The van der Waals surface area contributed by atoms with Crippen LogP contribution in [0.3, 0.4) is 0 Å². The van der Waals surface area contributed by atoms with Gasteiger partial charge in [0.1, 0.15) is 13.2 Å². The minimum atomic E-state index is 0.419. The molecule has 0 radical (unpaired) electrons. The molecule has 4 rings (SSSR count). The zero-order valence-electron chi connectivity index (χ0n) is 16.8. The van der Waals surface area contributed by atoms with E-state index in [1.165, 1.54) is 0 Å². The van der Waals surface area contributed by atoms with Gasteiger partial charge < -0.3 is 28.7 Å². The summed E-state index contributed by atoms with van der Waals surface area (Å²) in [4.78, 5) is 7.88. The molecule has 0 aliphatic carbocycles. The molecule has 0 saturated carbocycles. The first-order valence-electron chi connectivity index (χ1n) is 10.1. The summed E-state index contributed by atoms with van der Waals surface area (Å²) in [6, 6.07) is 13.8. The third-order valence-electron chi connectivity index (χ3n) is 4.62. The molecule has 0 unspecified atom stereocenters. The van der Waals surface area contributed by atoms with E-state index in [0.717, 1.165) is 22.2 Å². The van der Waals surface area contributed by atoms with Crippen LogP contribution >= 0.6 is 0 Å². The third kappa shape index (κ3) is 5.60. The smallest absolute Gasteiger partial charge is 0.163 e. The van der Waals surface area contributed by atoms with Crippen molar-refractivity contribution in [2.24, 2.45) is 4.99 Å². The maximum Gasteiger partial charge on any atom is 0.163 e. The van der Waals surface area contributed by atoms with Crippen molar-refractivity contribution in [1.29, 1.82) is 0 Å². The van der Waals surface area contributed by atoms with Gasteiger partial charge in [-0.25, -0.2) is 0 Å². The van der Waals surface area contributed by atoms with E-state index in [1.54, 1.807) is 0 Å². The lowest BCUT2D eigenvalue weighted by molar-refractivity contribution is 0.00708. The van der Waals surface area contributed by atoms with Crippen LogP contribution < -0.4 is 9.47 Å². The molecule has 2 heterocycles. The Morgan fingerprint density at radius 2 is 1.40 bits per heavy atom. The van der Waals surface area contributed by atoms with Gasteiger partial charge in [-0.3, -0.25) is 4.99 Å². The molecular weight excluding hydrogens is 384 g/mol. The van der Waals surface area contributed by atoms with Gasteiger partial charge in [-0.15, -0.1) is 0 Å². The number of aromatic amines is 1. The van der Waals surface area contributed by atoms with E-state index in [0.29, 0.717) is 64.4 Å². The van der Waals surface area contributed by atoms with Gasteiger partial charge in [0.25, 0.3) is 0 Å². The molecule has 0 atom stereocenters. The molecule has 1 N–H and O–H groups in total. The van der Waals surface area contributed by atoms with E-state index in [1.807, 2.05) is 48.8 Å². The van der Waals surface area contributed by atoms with Crippen molar-refractivity contribution in [1.82, 2.24) is 4.98 Å². The van der Waals surface area contributed by atoms with Crippen LogP contribution in [0.25, 0.3) is 10.9 Å². The Morgan fingerprint density at radius 1 is 0.733 bits per heavy atom. The molecule has 158 valence electrons. The molecule has 30 heavy (non-hydrogen) atoms. The Kier molecular flexibility index (Phi) is 7.33. The standard InChI is InChI=1S/C23H26N2O5/c1-2-4-21-20(3-1)18(17-25-21)16-24-19-5-6-22-23(15-19)30-14-12-28-10-8-26-7-9-27-11-13-29-22/h1-6,15-17,25H,7-14H2. The molecule has 2 aromatic carbocycles. The fourth-order valence-electron chi connectivity index (χ4n) is 3.12. The number of aliphatic imine (C=N–C) groups is 1. The first-order valence-corrected chi connectivity index (χ1v) is 10.1. The molecule has 1 aromatic heterocycles. The summed E-state index contributed by atoms with van der Waals surface area (Å²) in [7, 11) is 0. The summed E-state index contributed by atoms with van der Waals surface area (Å²) in [5.41, 5.74) is 2.90. The molecule has 0 spiro atoms. The highest BCUT2D eigenvalue weighted by atomic mass is 16.6. The summed E-state index contributed by atoms with van der Waals surface area (Å²) >= 11 is 0. The number of para-hydroxylation sites is 1. The van der Waals surface area contributed by atoms with E-state index in [2.05, 4.69) is 16.0 Å². The number of ether oxygens (including phenoxy) is 5. The average Bonchev–Trinajstić information content (AvgIpc) is 3.18. The van der Waals surface area contributed by atoms with Crippen molar-refractivity contribution < 1.29 is 23.7 Å². The van der Waals surface area contributed by atoms with Gasteiger partial charge in [-0.05, 0) is 18.2 Å². The van der Waals surface area contributed by atoms with E-state index < -0.39 is 0 Å². The van der Waals surface area contributed by atoms with E-state index in [-0.39, 0.29) is 0 Å². The molecule has 0 bridgehead atoms. The molecule has 0 saturated heterocycles. The van der Waals surface area contributed by atoms with Gasteiger partial charge in [0.15, 0.2) is 11.5 Å². The zero-order valence-corrected chi connectivity index (χ0v) is 16.8. The van der Waals surface area contributed by atoms with Crippen LogP contribution in [0.15, 0.2) is 53.7 Å². The van der Waals surface area contributed by atoms with Gasteiger partial charge >= 0.3 is 0 Å². The van der Waals surface area contributed by atoms with Crippen LogP contribution in [0.4, 0.5) is 5.69 Å². The monoisotopic (exact) mass is 410 g/mol. The number of hydrogen-bond acceptors (Lipinski definition) is 6. The van der Waals surface area contributed by atoms with Gasteiger partial charge in [0, 0.05) is 34.9 Å². The Balaban J connectivity index is 1.48. The molecule has 7 nitrogen and oxygen atoms in total. The normalized spacial score (nSPS) is 16.9. The second kappa shape index (κ2) is 10.8. The number of benzene rings is 2. The number of rotatable bonds is 2. The summed E-state index contributed by atoms with van der Waals surface area (Å²) in [5, 5.41) is 1.14. The van der Waals surface area contributed by atoms with Crippen molar-refractivity contribution in [3.8, 4) is 11.5 Å². The van der Waals surface area contributed by atoms with Crippen LogP contribution in [0.5, 0.6) is 11.5 Å². The van der Waals surface area contributed by atoms with Gasteiger partial charge in [-0.1, -0.05) is 18.2 Å². The number of hydrogen-bond donors (Lipinski definition) is 1. The maximum absolute atomic E-state index is 5.90. The predicted octanol–water partition coefficient (Wildman–Crippen LogP) is 3.74. The second-order valence-corrected chi connectivity index (χ2v) is 6.71. The van der Waals surface area contributed by atoms with Crippen molar-refractivity contribution in [2.45, 2.75) is 0 Å². The molecular formula is C23H26N2O5. The third-order valence-corrected chi connectivity index (χ3v) is 4.62. The Labute approximate surface area is 175 Å². The van der Waals surface area contributed by atoms with Gasteiger partial charge in [0.2, 0.25) is 0 Å². The SMILES string of the molecule is C(=Nc1ccc2c(c1)OCCOCCOCCOCCO2)c1c[nH]c2ccccc12. The lowest BCUT2D eigenvalue weighted by Gasteiger charge is -2.13. The Hall–Kier alpha value is -2.87. The van der Waals surface area contributed by atoms with E-state index >= 15 is 0 Å². The van der Waals surface area contributed by atoms with Crippen LogP contribution in [-0.2, 0) is 14.2 Å². The highest BCUT2D eigenvalue weighted by Gasteiger charge is 2.08. The molecule has 0 fully saturated rings. The number of fused-ring (bicyclic) bond motifs is 2. The van der Waals surface area contributed by atoms with Crippen molar-refractivity contribution >= 4 is 22.8 Å². The van der Waals surface area contributed by atoms with Gasteiger partial charge in [-0.2, -0.15) is 0 Å². The molecule has 7 heteroatoms. The largest absolute Gasteiger partial charge is 0.487 e. The topological polar surface area (TPSA) is 74.3 Å². The first kappa shape index (κ1) is 20.4. The Morgan fingerprint density at radius 3 is 2.17 bits per heavy atom. The average molecular weight is 410 g/mol. The van der Waals surface area contributed by atoms with E-state index in [4.69, 9.17) is 23.7 Å². The summed E-state index contributed by atoms with van der Waals surface area (Å²) < 4.78 is 28.2. The predicted molar refractivity (Wildman–Crippen MR) is 115 cm³/mol. The highest BCUT2D eigenvalue weighted by Crippen LogP contribution is 2.32.